The molecule has 4 heteroatoms. The highest BCUT2D eigenvalue weighted by Crippen LogP contribution is 2.32. The highest BCUT2D eigenvalue weighted by atomic mass is 16.4. The number of rotatable bonds is 5. The SMILES string of the molecule is CN(CCC1CC1)c1ccc(C(N)=NO)cc1. The molecular formula is C13H19N3O. The number of oxime groups is 1. The molecule has 1 aromatic rings. The van der Waals surface area contributed by atoms with E-state index in [1.807, 2.05) is 24.3 Å². The molecule has 2 rings (SSSR count). The van der Waals surface area contributed by atoms with Crippen LogP contribution in [-0.4, -0.2) is 24.6 Å². The number of nitrogens with two attached hydrogens (primary N) is 1. The van der Waals surface area contributed by atoms with Crippen molar-refractivity contribution in [3.05, 3.63) is 29.8 Å². The van der Waals surface area contributed by atoms with Crippen molar-refractivity contribution in [3.63, 3.8) is 0 Å². The number of hydrogen-bond acceptors (Lipinski definition) is 3. The zero-order valence-corrected chi connectivity index (χ0v) is 10.1. The van der Waals surface area contributed by atoms with Crippen molar-refractivity contribution >= 4 is 11.5 Å². The zero-order valence-electron chi connectivity index (χ0n) is 10.1. The molecule has 0 radical (unpaired) electrons. The summed E-state index contributed by atoms with van der Waals surface area (Å²) in [4.78, 5) is 2.24. The molecule has 0 atom stereocenters. The van der Waals surface area contributed by atoms with E-state index in [1.165, 1.54) is 24.9 Å². The topological polar surface area (TPSA) is 61.8 Å². The third-order valence-electron chi connectivity index (χ3n) is 3.28. The molecule has 0 saturated heterocycles. The number of benzene rings is 1. The van der Waals surface area contributed by atoms with Gasteiger partial charge in [0.15, 0.2) is 5.84 Å². The van der Waals surface area contributed by atoms with Gasteiger partial charge in [0.25, 0.3) is 0 Å². The van der Waals surface area contributed by atoms with Gasteiger partial charge >= 0.3 is 0 Å². The fourth-order valence-corrected chi connectivity index (χ4v) is 1.86. The number of anilines is 1. The molecule has 17 heavy (non-hydrogen) atoms. The lowest BCUT2D eigenvalue weighted by molar-refractivity contribution is 0.318. The van der Waals surface area contributed by atoms with Gasteiger partial charge in [-0.15, -0.1) is 0 Å². The molecule has 0 aliphatic heterocycles. The second-order valence-corrected chi connectivity index (χ2v) is 4.69. The average Bonchev–Trinajstić information content (AvgIpc) is 3.19. The van der Waals surface area contributed by atoms with Crippen LogP contribution in [0.3, 0.4) is 0 Å². The van der Waals surface area contributed by atoms with Crippen LogP contribution in [0.4, 0.5) is 5.69 Å². The first-order chi connectivity index (χ1) is 8.20. The van der Waals surface area contributed by atoms with Crippen LogP contribution in [0.5, 0.6) is 0 Å². The van der Waals surface area contributed by atoms with Crippen LogP contribution in [0.2, 0.25) is 0 Å². The average molecular weight is 233 g/mol. The lowest BCUT2D eigenvalue weighted by Crippen LogP contribution is -2.19. The Bertz CT molecular complexity index is 396. The van der Waals surface area contributed by atoms with Crippen LogP contribution in [0.1, 0.15) is 24.8 Å². The quantitative estimate of drug-likeness (QED) is 0.354. The van der Waals surface area contributed by atoms with Crippen LogP contribution >= 0.6 is 0 Å². The van der Waals surface area contributed by atoms with Crippen molar-refractivity contribution in [1.29, 1.82) is 0 Å². The van der Waals surface area contributed by atoms with Crippen LogP contribution in [-0.2, 0) is 0 Å². The van der Waals surface area contributed by atoms with Crippen molar-refractivity contribution in [3.8, 4) is 0 Å². The summed E-state index contributed by atoms with van der Waals surface area (Å²) >= 11 is 0. The molecule has 1 aliphatic carbocycles. The van der Waals surface area contributed by atoms with Crippen LogP contribution in [0, 0.1) is 5.92 Å². The van der Waals surface area contributed by atoms with Gasteiger partial charge in [0.1, 0.15) is 0 Å². The Morgan fingerprint density at radius 3 is 2.59 bits per heavy atom. The lowest BCUT2D eigenvalue weighted by atomic mass is 10.2. The van der Waals surface area contributed by atoms with Gasteiger partial charge in [0.05, 0.1) is 0 Å². The second-order valence-electron chi connectivity index (χ2n) is 4.69. The van der Waals surface area contributed by atoms with Gasteiger partial charge in [-0.05, 0) is 36.6 Å². The smallest absolute Gasteiger partial charge is 0.170 e. The van der Waals surface area contributed by atoms with Crippen LogP contribution in [0.15, 0.2) is 29.4 Å². The van der Waals surface area contributed by atoms with E-state index >= 15 is 0 Å². The number of hydrogen-bond donors (Lipinski definition) is 2. The van der Waals surface area contributed by atoms with Gasteiger partial charge in [-0.2, -0.15) is 0 Å². The summed E-state index contributed by atoms with van der Waals surface area (Å²) in [5, 5.41) is 11.6. The fraction of sp³-hybridized carbons (Fsp3) is 0.462. The van der Waals surface area contributed by atoms with E-state index < -0.39 is 0 Å². The van der Waals surface area contributed by atoms with Gasteiger partial charge in [0, 0.05) is 24.8 Å². The standard InChI is InChI=1S/C13H19N3O/c1-16(9-8-10-2-3-10)12-6-4-11(5-7-12)13(14)15-17/h4-7,10,17H,2-3,8-9H2,1H3,(H2,14,15). The lowest BCUT2D eigenvalue weighted by Gasteiger charge is -2.19. The molecule has 4 nitrogen and oxygen atoms in total. The summed E-state index contributed by atoms with van der Waals surface area (Å²) in [5.74, 6) is 1.10. The summed E-state index contributed by atoms with van der Waals surface area (Å²) < 4.78 is 0. The Kier molecular flexibility index (Phi) is 3.52. The van der Waals surface area contributed by atoms with E-state index in [0.29, 0.717) is 0 Å². The molecule has 0 aromatic heterocycles. The number of nitrogens with zero attached hydrogens (tertiary/aromatic N) is 2. The molecule has 0 unspecified atom stereocenters. The Morgan fingerprint density at radius 2 is 2.06 bits per heavy atom. The minimum atomic E-state index is 0.150. The summed E-state index contributed by atoms with van der Waals surface area (Å²) in [6.07, 6.45) is 4.07. The minimum Gasteiger partial charge on any atom is -0.409 e. The van der Waals surface area contributed by atoms with Gasteiger partial charge in [0.2, 0.25) is 0 Å². The van der Waals surface area contributed by atoms with E-state index in [4.69, 9.17) is 10.9 Å². The fourth-order valence-electron chi connectivity index (χ4n) is 1.86. The highest BCUT2D eigenvalue weighted by Gasteiger charge is 2.21. The second kappa shape index (κ2) is 5.08. The predicted molar refractivity (Wildman–Crippen MR) is 69.6 cm³/mol. The molecule has 92 valence electrons. The maximum atomic E-state index is 8.57. The third-order valence-corrected chi connectivity index (χ3v) is 3.28. The van der Waals surface area contributed by atoms with E-state index in [-0.39, 0.29) is 5.84 Å². The van der Waals surface area contributed by atoms with E-state index in [9.17, 15) is 0 Å². The van der Waals surface area contributed by atoms with E-state index in [2.05, 4.69) is 17.1 Å². The molecule has 0 heterocycles. The van der Waals surface area contributed by atoms with E-state index in [0.717, 1.165) is 18.0 Å². The van der Waals surface area contributed by atoms with Gasteiger partial charge in [-0.1, -0.05) is 18.0 Å². The first-order valence-electron chi connectivity index (χ1n) is 6.00. The highest BCUT2D eigenvalue weighted by molar-refractivity contribution is 5.97. The molecule has 3 N–H and O–H groups in total. The Hall–Kier alpha value is -1.71. The Balaban J connectivity index is 1.95. The molecule has 0 spiro atoms. The van der Waals surface area contributed by atoms with Crippen molar-refractivity contribution in [2.24, 2.45) is 16.8 Å². The Morgan fingerprint density at radius 1 is 1.41 bits per heavy atom. The van der Waals surface area contributed by atoms with Crippen molar-refractivity contribution in [1.82, 2.24) is 0 Å². The summed E-state index contributed by atoms with van der Waals surface area (Å²) in [6, 6.07) is 7.75. The number of amidine groups is 1. The molecule has 0 bridgehead atoms. The molecular weight excluding hydrogens is 214 g/mol. The summed E-state index contributed by atoms with van der Waals surface area (Å²) in [5.41, 5.74) is 7.42. The zero-order chi connectivity index (χ0) is 12.3. The first kappa shape index (κ1) is 11.8. The normalized spacial score (nSPS) is 15.9. The summed E-state index contributed by atoms with van der Waals surface area (Å²) in [6.45, 7) is 1.09. The van der Waals surface area contributed by atoms with Crippen molar-refractivity contribution < 1.29 is 5.21 Å². The maximum Gasteiger partial charge on any atom is 0.170 e. The summed E-state index contributed by atoms with van der Waals surface area (Å²) in [7, 11) is 2.10. The minimum absolute atomic E-state index is 0.150. The van der Waals surface area contributed by atoms with Crippen molar-refractivity contribution in [2.75, 3.05) is 18.5 Å². The molecule has 1 aliphatic rings. The molecule has 1 aromatic carbocycles. The monoisotopic (exact) mass is 233 g/mol. The van der Waals surface area contributed by atoms with E-state index in [1.54, 1.807) is 0 Å². The molecule has 1 saturated carbocycles. The maximum absolute atomic E-state index is 8.57. The predicted octanol–water partition coefficient (Wildman–Crippen LogP) is 2.02. The largest absolute Gasteiger partial charge is 0.409 e. The Labute approximate surface area is 102 Å². The van der Waals surface area contributed by atoms with Gasteiger partial charge in [-0.3, -0.25) is 0 Å². The molecule has 1 fully saturated rings. The van der Waals surface area contributed by atoms with Gasteiger partial charge in [-0.25, -0.2) is 0 Å². The van der Waals surface area contributed by atoms with Crippen molar-refractivity contribution in [2.45, 2.75) is 19.3 Å². The van der Waals surface area contributed by atoms with Gasteiger partial charge < -0.3 is 15.8 Å². The first-order valence-corrected chi connectivity index (χ1v) is 6.00. The third kappa shape index (κ3) is 3.12. The molecule has 0 amide bonds. The van der Waals surface area contributed by atoms with Crippen LogP contribution < -0.4 is 10.6 Å². The van der Waals surface area contributed by atoms with Crippen LogP contribution in [0.25, 0.3) is 0 Å².